The van der Waals surface area contributed by atoms with E-state index in [4.69, 9.17) is 4.74 Å². The number of amides is 2. The van der Waals surface area contributed by atoms with Crippen LogP contribution in [-0.4, -0.2) is 18.6 Å². The molecule has 1 heterocycles. The van der Waals surface area contributed by atoms with Crippen LogP contribution in [0, 0.1) is 0 Å². The van der Waals surface area contributed by atoms with Crippen LogP contribution in [0.1, 0.15) is 25.5 Å². The van der Waals surface area contributed by atoms with Crippen molar-refractivity contribution in [2.45, 2.75) is 19.9 Å². The van der Waals surface area contributed by atoms with Gasteiger partial charge in [0.05, 0.1) is 18.2 Å². The Morgan fingerprint density at radius 3 is 2.22 bits per heavy atom. The van der Waals surface area contributed by atoms with E-state index in [0.29, 0.717) is 11.3 Å². The van der Waals surface area contributed by atoms with E-state index in [2.05, 4.69) is 16.7 Å². The van der Waals surface area contributed by atoms with Gasteiger partial charge in [-0.1, -0.05) is 48.5 Å². The molecule has 0 saturated carbocycles. The third-order valence-electron chi connectivity index (χ3n) is 4.87. The zero-order chi connectivity index (χ0) is 19.0. The highest BCUT2D eigenvalue weighted by Crippen LogP contribution is 2.37. The number of urea groups is 1. The molecule has 5 nitrogen and oxygen atoms in total. The van der Waals surface area contributed by atoms with E-state index in [0.717, 1.165) is 27.1 Å². The van der Waals surface area contributed by atoms with Crippen LogP contribution >= 0.6 is 0 Å². The van der Waals surface area contributed by atoms with Gasteiger partial charge in [0.15, 0.2) is 0 Å². The zero-order valence-electron chi connectivity index (χ0n) is 15.2. The highest BCUT2D eigenvalue weighted by Gasteiger charge is 2.34. The van der Waals surface area contributed by atoms with Crippen molar-refractivity contribution in [3.8, 4) is 0 Å². The third-order valence-corrected chi connectivity index (χ3v) is 4.87. The molecule has 1 aliphatic rings. The van der Waals surface area contributed by atoms with Crippen LogP contribution in [0.3, 0.4) is 0 Å². The van der Waals surface area contributed by atoms with Gasteiger partial charge in [0.1, 0.15) is 0 Å². The Morgan fingerprint density at radius 1 is 1.04 bits per heavy atom. The van der Waals surface area contributed by atoms with Gasteiger partial charge in [-0.2, -0.15) is 0 Å². The number of esters is 1. The first-order valence-electron chi connectivity index (χ1n) is 8.96. The SMILES string of the molecule is CCOC(=O)C1=C(C)NC(=O)NC1c1c2ccccc2cc2ccccc12. The van der Waals surface area contributed by atoms with Crippen LogP contribution in [0.5, 0.6) is 0 Å². The third kappa shape index (κ3) is 2.91. The van der Waals surface area contributed by atoms with Crippen LogP contribution in [-0.2, 0) is 9.53 Å². The smallest absolute Gasteiger partial charge is 0.338 e. The fourth-order valence-electron chi connectivity index (χ4n) is 3.75. The van der Waals surface area contributed by atoms with Crippen LogP contribution < -0.4 is 10.6 Å². The number of nitrogens with one attached hydrogen (secondary N) is 2. The lowest BCUT2D eigenvalue weighted by atomic mass is 9.87. The normalized spacial score (nSPS) is 17.0. The summed E-state index contributed by atoms with van der Waals surface area (Å²) >= 11 is 0. The van der Waals surface area contributed by atoms with Crippen molar-refractivity contribution in [2.24, 2.45) is 0 Å². The Morgan fingerprint density at radius 2 is 1.63 bits per heavy atom. The number of rotatable bonds is 3. The Bertz CT molecular complexity index is 1050. The Kier molecular flexibility index (Phi) is 4.28. The summed E-state index contributed by atoms with van der Waals surface area (Å²) in [6.07, 6.45) is 0. The summed E-state index contributed by atoms with van der Waals surface area (Å²) in [7, 11) is 0. The second kappa shape index (κ2) is 6.76. The Labute approximate surface area is 157 Å². The minimum atomic E-state index is -0.589. The molecule has 0 aliphatic carbocycles. The predicted octanol–water partition coefficient (Wildman–Crippen LogP) is 4.18. The van der Waals surface area contributed by atoms with E-state index in [9.17, 15) is 9.59 Å². The highest BCUT2D eigenvalue weighted by molar-refractivity contribution is 6.05. The molecule has 5 heteroatoms. The zero-order valence-corrected chi connectivity index (χ0v) is 15.2. The van der Waals surface area contributed by atoms with Gasteiger partial charge in [0.25, 0.3) is 0 Å². The van der Waals surface area contributed by atoms with Crippen molar-refractivity contribution in [1.29, 1.82) is 0 Å². The second-order valence-electron chi connectivity index (χ2n) is 6.52. The number of benzene rings is 3. The Hall–Kier alpha value is -3.34. The lowest BCUT2D eigenvalue weighted by molar-refractivity contribution is -0.139. The first kappa shape index (κ1) is 17.1. The first-order valence-corrected chi connectivity index (χ1v) is 8.96. The molecule has 0 radical (unpaired) electrons. The molecule has 1 atom stereocenters. The summed E-state index contributed by atoms with van der Waals surface area (Å²) in [5, 5.41) is 9.73. The molecule has 0 saturated heterocycles. The number of fused-ring (bicyclic) bond motifs is 2. The largest absolute Gasteiger partial charge is 0.463 e. The molecule has 27 heavy (non-hydrogen) atoms. The van der Waals surface area contributed by atoms with E-state index in [1.807, 2.05) is 48.5 Å². The number of allylic oxidation sites excluding steroid dienone is 1. The molecule has 3 aromatic rings. The van der Waals surface area contributed by atoms with Gasteiger partial charge in [-0.25, -0.2) is 9.59 Å². The summed E-state index contributed by atoms with van der Waals surface area (Å²) < 4.78 is 5.27. The molecule has 1 unspecified atom stereocenters. The molecule has 136 valence electrons. The van der Waals surface area contributed by atoms with Crippen molar-refractivity contribution in [1.82, 2.24) is 10.6 Å². The number of carbonyl (C=O) groups excluding carboxylic acids is 2. The van der Waals surface area contributed by atoms with Crippen LogP contribution in [0.25, 0.3) is 21.5 Å². The van der Waals surface area contributed by atoms with Gasteiger partial charge in [-0.15, -0.1) is 0 Å². The number of hydrogen-bond acceptors (Lipinski definition) is 3. The van der Waals surface area contributed by atoms with E-state index < -0.39 is 12.0 Å². The molecular weight excluding hydrogens is 340 g/mol. The minimum Gasteiger partial charge on any atom is -0.463 e. The molecular formula is C22H20N2O3. The lowest BCUT2D eigenvalue weighted by Gasteiger charge is -2.29. The maximum Gasteiger partial charge on any atom is 0.338 e. The maximum atomic E-state index is 12.7. The summed E-state index contributed by atoms with van der Waals surface area (Å²) in [6.45, 7) is 3.77. The van der Waals surface area contributed by atoms with E-state index >= 15 is 0 Å². The van der Waals surface area contributed by atoms with Crippen molar-refractivity contribution >= 4 is 33.5 Å². The summed E-state index contributed by atoms with van der Waals surface area (Å²) in [6, 6.07) is 17.2. The van der Waals surface area contributed by atoms with Gasteiger partial charge in [-0.3, -0.25) is 0 Å². The fraction of sp³-hybridized carbons (Fsp3) is 0.182. The lowest BCUT2D eigenvalue weighted by Crippen LogP contribution is -2.45. The van der Waals surface area contributed by atoms with Crippen molar-refractivity contribution in [3.05, 3.63) is 71.4 Å². The molecule has 0 aromatic heterocycles. The molecule has 4 rings (SSSR count). The average Bonchev–Trinajstić information content (AvgIpc) is 2.65. The van der Waals surface area contributed by atoms with Crippen LogP contribution in [0.15, 0.2) is 65.9 Å². The molecule has 1 aliphatic heterocycles. The van der Waals surface area contributed by atoms with Gasteiger partial charge in [0.2, 0.25) is 0 Å². The molecule has 3 aromatic carbocycles. The predicted molar refractivity (Wildman–Crippen MR) is 105 cm³/mol. The topological polar surface area (TPSA) is 67.4 Å². The van der Waals surface area contributed by atoms with E-state index in [1.165, 1.54) is 0 Å². The summed E-state index contributed by atoms with van der Waals surface area (Å²) in [5.41, 5.74) is 1.85. The molecule has 2 N–H and O–H groups in total. The quantitative estimate of drug-likeness (QED) is 0.544. The van der Waals surface area contributed by atoms with Crippen LogP contribution in [0.4, 0.5) is 4.79 Å². The highest BCUT2D eigenvalue weighted by atomic mass is 16.5. The standard InChI is InChI=1S/C22H20N2O3/c1-3-27-21(25)18-13(2)23-22(26)24-20(18)19-16-10-6-4-8-14(16)12-15-9-5-7-11-17(15)19/h4-12,20H,3H2,1-2H3,(H2,23,24,26). The first-order chi connectivity index (χ1) is 13.1. The number of carbonyl (C=O) groups is 2. The minimum absolute atomic E-state index is 0.270. The summed E-state index contributed by atoms with van der Waals surface area (Å²) in [4.78, 5) is 24.9. The van der Waals surface area contributed by atoms with Gasteiger partial charge in [-0.05, 0) is 47.0 Å². The fourth-order valence-corrected chi connectivity index (χ4v) is 3.75. The van der Waals surface area contributed by atoms with Crippen molar-refractivity contribution in [2.75, 3.05) is 6.61 Å². The van der Waals surface area contributed by atoms with Crippen molar-refractivity contribution < 1.29 is 14.3 Å². The van der Waals surface area contributed by atoms with Crippen LogP contribution in [0.2, 0.25) is 0 Å². The monoisotopic (exact) mass is 360 g/mol. The van der Waals surface area contributed by atoms with E-state index in [-0.39, 0.29) is 12.6 Å². The Balaban J connectivity index is 2.05. The van der Waals surface area contributed by atoms with Crippen molar-refractivity contribution in [3.63, 3.8) is 0 Å². The maximum absolute atomic E-state index is 12.7. The number of ether oxygens (including phenoxy) is 1. The van der Waals surface area contributed by atoms with Gasteiger partial charge >= 0.3 is 12.0 Å². The average molecular weight is 360 g/mol. The molecule has 0 spiro atoms. The van der Waals surface area contributed by atoms with E-state index in [1.54, 1.807) is 13.8 Å². The van der Waals surface area contributed by atoms with Gasteiger partial charge in [0, 0.05) is 5.70 Å². The molecule has 0 bridgehead atoms. The number of hydrogen-bond donors (Lipinski definition) is 2. The second-order valence-corrected chi connectivity index (χ2v) is 6.52. The van der Waals surface area contributed by atoms with Gasteiger partial charge < -0.3 is 15.4 Å². The molecule has 0 fully saturated rings. The summed E-state index contributed by atoms with van der Waals surface area (Å²) in [5.74, 6) is -0.426. The molecule has 2 amide bonds.